The average molecular weight is 438 g/mol. The van der Waals surface area contributed by atoms with Crippen molar-refractivity contribution in [3.8, 4) is 0 Å². The molecule has 5 heteroatoms. The second kappa shape index (κ2) is 11.8. The van der Waals surface area contributed by atoms with E-state index < -0.39 is 0 Å². The number of hydrogen-bond donors (Lipinski definition) is 1. The number of thioether (sulfide) groups is 1. The number of quaternary nitrogens is 1. The van der Waals surface area contributed by atoms with Crippen LogP contribution in [0.2, 0.25) is 0 Å². The highest BCUT2D eigenvalue weighted by atomic mass is 32.2. The number of rotatable bonds is 7. The zero-order valence-corrected chi connectivity index (χ0v) is 20.0. The SMILES string of the molecule is CC[NH+]1OC2=C1C=CCC2.CSCC[n+]1ccc(/C=C/c2ccc(N(C)C)cc2)cc1. The van der Waals surface area contributed by atoms with Crippen LogP contribution in [0.4, 0.5) is 5.69 Å². The van der Waals surface area contributed by atoms with Gasteiger partial charge in [-0.3, -0.25) is 0 Å². The number of nitrogens with one attached hydrogen (secondary N) is 1. The lowest BCUT2D eigenvalue weighted by atomic mass is 10.1. The van der Waals surface area contributed by atoms with E-state index >= 15 is 0 Å². The van der Waals surface area contributed by atoms with Crippen LogP contribution in [0.25, 0.3) is 12.2 Å². The van der Waals surface area contributed by atoms with Gasteiger partial charge in [-0.05, 0) is 42.9 Å². The Morgan fingerprint density at radius 3 is 2.32 bits per heavy atom. The maximum absolute atomic E-state index is 5.44. The van der Waals surface area contributed by atoms with Crippen molar-refractivity contribution in [3.63, 3.8) is 0 Å². The molecular formula is C26H35N3OS+2. The molecule has 1 atom stereocenters. The fraction of sp³-hybridized carbons (Fsp3) is 0.346. The molecule has 0 saturated carbocycles. The number of aryl methyl sites for hydroxylation is 1. The van der Waals surface area contributed by atoms with Gasteiger partial charge in [0.25, 0.3) is 0 Å². The van der Waals surface area contributed by atoms with Crippen LogP contribution in [-0.4, -0.2) is 32.6 Å². The Hall–Kier alpha value is -2.50. The Balaban J connectivity index is 0.000000225. The van der Waals surface area contributed by atoms with Crippen LogP contribution >= 0.6 is 11.8 Å². The van der Waals surface area contributed by atoms with E-state index in [1.54, 1.807) is 0 Å². The van der Waals surface area contributed by atoms with Gasteiger partial charge in [-0.1, -0.05) is 30.4 Å². The fourth-order valence-corrected chi connectivity index (χ4v) is 3.81. The van der Waals surface area contributed by atoms with Gasteiger partial charge < -0.3 is 9.74 Å². The summed E-state index contributed by atoms with van der Waals surface area (Å²) in [6.07, 6.45) is 17.4. The Kier molecular flexibility index (Phi) is 8.80. The van der Waals surface area contributed by atoms with Gasteiger partial charge in [0.15, 0.2) is 18.9 Å². The summed E-state index contributed by atoms with van der Waals surface area (Å²) < 4.78 is 2.22. The fourth-order valence-electron chi connectivity index (χ4n) is 3.42. The number of hydrogen-bond acceptors (Lipinski definition) is 3. The molecule has 31 heavy (non-hydrogen) atoms. The van der Waals surface area contributed by atoms with Crippen LogP contribution in [0.15, 0.2) is 72.4 Å². The van der Waals surface area contributed by atoms with Crippen molar-refractivity contribution in [3.05, 3.63) is 83.5 Å². The first-order chi connectivity index (χ1) is 15.1. The zero-order valence-electron chi connectivity index (χ0n) is 19.2. The number of allylic oxidation sites excluding steroid dienone is 3. The minimum atomic E-state index is 1.03. The van der Waals surface area contributed by atoms with Crippen LogP contribution < -0.4 is 14.5 Å². The predicted octanol–water partition coefficient (Wildman–Crippen LogP) is 3.97. The molecule has 4 nitrogen and oxygen atoms in total. The molecule has 1 aromatic carbocycles. The molecule has 0 spiro atoms. The Labute approximate surface area is 191 Å². The van der Waals surface area contributed by atoms with Gasteiger partial charge in [-0.2, -0.15) is 11.8 Å². The quantitative estimate of drug-likeness (QED) is 0.662. The second-order valence-corrected chi connectivity index (χ2v) is 8.82. The van der Waals surface area contributed by atoms with Crippen molar-refractivity contribution < 1.29 is 14.5 Å². The highest BCUT2D eigenvalue weighted by Crippen LogP contribution is 2.19. The van der Waals surface area contributed by atoms with Crippen molar-refractivity contribution in [2.24, 2.45) is 0 Å². The zero-order chi connectivity index (χ0) is 22.1. The van der Waals surface area contributed by atoms with Crippen molar-refractivity contribution in [1.82, 2.24) is 0 Å². The van der Waals surface area contributed by atoms with Crippen molar-refractivity contribution in [1.29, 1.82) is 0 Å². The monoisotopic (exact) mass is 437 g/mol. The smallest absolute Gasteiger partial charge is 0.232 e. The molecule has 0 saturated heterocycles. The molecule has 2 aromatic rings. The number of pyridine rings is 1. The maximum Gasteiger partial charge on any atom is 0.232 e. The third-order valence-electron chi connectivity index (χ3n) is 5.34. The van der Waals surface area contributed by atoms with Crippen LogP contribution in [0.5, 0.6) is 0 Å². The van der Waals surface area contributed by atoms with Crippen LogP contribution in [0.3, 0.4) is 0 Å². The molecular weight excluding hydrogens is 402 g/mol. The number of hydroxylamine groups is 2. The summed E-state index contributed by atoms with van der Waals surface area (Å²) in [5.41, 5.74) is 5.04. The summed E-state index contributed by atoms with van der Waals surface area (Å²) in [5, 5.41) is 1.17. The first-order valence-electron chi connectivity index (χ1n) is 11.0. The van der Waals surface area contributed by atoms with Gasteiger partial charge in [0.2, 0.25) is 11.5 Å². The molecule has 2 heterocycles. The number of aromatic nitrogens is 1. The molecule has 0 bridgehead atoms. The Bertz CT molecular complexity index is 915. The highest BCUT2D eigenvalue weighted by Gasteiger charge is 2.33. The molecule has 2 aliphatic rings. The van der Waals surface area contributed by atoms with Gasteiger partial charge in [-0.15, -0.1) is 5.06 Å². The van der Waals surface area contributed by atoms with E-state index in [1.165, 1.54) is 33.3 Å². The Morgan fingerprint density at radius 2 is 1.74 bits per heavy atom. The molecule has 0 radical (unpaired) electrons. The molecule has 0 fully saturated rings. The normalized spacial score (nSPS) is 16.8. The number of likely N-dealkylation sites (N-methyl/N-ethyl adjacent to an activating group) is 1. The third-order valence-corrected chi connectivity index (χ3v) is 5.93. The lowest BCUT2D eigenvalue weighted by Gasteiger charge is -2.29. The minimum Gasteiger partial charge on any atom is -0.378 e. The molecule has 1 aliphatic carbocycles. The van der Waals surface area contributed by atoms with Crippen molar-refractivity contribution in [2.45, 2.75) is 26.3 Å². The largest absolute Gasteiger partial charge is 0.378 e. The predicted molar refractivity (Wildman–Crippen MR) is 133 cm³/mol. The summed E-state index contributed by atoms with van der Waals surface area (Å²) in [5.74, 6) is 2.36. The molecule has 1 aromatic heterocycles. The molecule has 1 N–H and O–H groups in total. The lowest BCUT2D eigenvalue weighted by molar-refractivity contribution is -1.08. The summed E-state index contributed by atoms with van der Waals surface area (Å²) >= 11 is 1.87. The van der Waals surface area contributed by atoms with Crippen LogP contribution in [0.1, 0.15) is 30.9 Å². The Morgan fingerprint density at radius 1 is 1.06 bits per heavy atom. The lowest BCUT2D eigenvalue weighted by Crippen LogP contribution is -3.13. The molecule has 1 aliphatic heterocycles. The van der Waals surface area contributed by atoms with E-state index in [2.05, 4.69) is 110 Å². The summed E-state index contributed by atoms with van der Waals surface area (Å²) in [7, 11) is 4.11. The molecule has 164 valence electrons. The van der Waals surface area contributed by atoms with E-state index in [0.29, 0.717) is 0 Å². The van der Waals surface area contributed by atoms with Gasteiger partial charge in [-0.25, -0.2) is 4.57 Å². The summed E-state index contributed by atoms with van der Waals surface area (Å²) in [6.45, 7) is 4.22. The van der Waals surface area contributed by atoms with Gasteiger partial charge in [0.05, 0.1) is 5.75 Å². The number of nitrogens with zero attached hydrogens (tertiary/aromatic N) is 2. The van der Waals surface area contributed by atoms with E-state index in [4.69, 9.17) is 4.84 Å². The van der Waals surface area contributed by atoms with E-state index in [1.807, 2.05) is 11.8 Å². The van der Waals surface area contributed by atoms with E-state index in [0.717, 1.165) is 31.7 Å². The topological polar surface area (TPSA) is 20.8 Å². The van der Waals surface area contributed by atoms with Crippen molar-refractivity contribution >= 4 is 29.6 Å². The standard InChI is InChI=1S/C18H23N2S.C8H11NO/c1-19(2)18-8-6-16(7-9-18)4-5-17-10-12-20(13-11-17)14-15-21-3;1-2-9-7-5-3-4-6-8(7)10-9/h4-13H,14-15H2,1-3H3;3,5H,2,4,6H2,1H3/q+1;/p+1. The minimum absolute atomic E-state index is 1.03. The number of anilines is 1. The van der Waals surface area contributed by atoms with E-state index in [-0.39, 0.29) is 0 Å². The maximum atomic E-state index is 5.44. The van der Waals surface area contributed by atoms with Gasteiger partial charge >= 0.3 is 0 Å². The van der Waals surface area contributed by atoms with Crippen LogP contribution in [-0.2, 0) is 11.4 Å². The first kappa shape index (κ1) is 23.2. The van der Waals surface area contributed by atoms with Crippen LogP contribution in [0, 0.1) is 0 Å². The number of benzene rings is 1. The summed E-state index contributed by atoms with van der Waals surface area (Å²) in [6, 6.07) is 12.9. The highest BCUT2D eigenvalue weighted by molar-refractivity contribution is 7.98. The molecule has 0 amide bonds. The first-order valence-corrected chi connectivity index (χ1v) is 12.4. The van der Waals surface area contributed by atoms with Gasteiger partial charge in [0.1, 0.15) is 6.54 Å². The average Bonchev–Trinajstić information content (AvgIpc) is 2.79. The van der Waals surface area contributed by atoms with Gasteiger partial charge in [0, 0.05) is 44.4 Å². The van der Waals surface area contributed by atoms with Crippen molar-refractivity contribution in [2.75, 3.05) is 37.5 Å². The summed E-state index contributed by atoms with van der Waals surface area (Å²) in [4.78, 5) is 7.55. The second-order valence-electron chi connectivity index (χ2n) is 7.84. The van der Waals surface area contributed by atoms with E-state index in [9.17, 15) is 0 Å². The molecule has 4 rings (SSSR count). The molecule has 1 unspecified atom stereocenters. The third kappa shape index (κ3) is 6.74.